The molecule has 1 aliphatic heterocycles. The Morgan fingerprint density at radius 3 is 2.47 bits per heavy atom. The molecule has 1 atom stereocenters. The summed E-state index contributed by atoms with van der Waals surface area (Å²) in [7, 11) is 2.08. The molecule has 0 aromatic heterocycles. The Morgan fingerprint density at radius 1 is 1.21 bits per heavy atom. The molecular formula is C15H22N2O2. The van der Waals surface area contributed by atoms with E-state index >= 15 is 0 Å². The first-order valence-electron chi connectivity index (χ1n) is 6.77. The van der Waals surface area contributed by atoms with Crippen molar-refractivity contribution >= 4 is 5.91 Å². The lowest BCUT2D eigenvalue weighted by atomic mass is 10.2. The van der Waals surface area contributed by atoms with E-state index in [1.165, 1.54) is 0 Å². The van der Waals surface area contributed by atoms with Crippen molar-refractivity contribution in [1.29, 1.82) is 0 Å². The van der Waals surface area contributed by atoms with E-state index in [1.807, 2.05) is 43.0 Å². The Morgan fingerprint density at radius 2 is 1.84 bits per heavy atom. The molecule has 2 rings (SSSR count). The van der Waals surface area contributed by atoms with Crippen LogP contribution in [0.5, 0.6) is 5.75 Å². The Hall–Kier alpha value is -1.55. The number of ether oxygens (including phenoxy) is 1. The highest BCUT2D eigenvalue weighted by molar-refractivity contribution is 5.81. The Bertz CT molecular complexity index is 440. The van der Waals surface area contributed by atoms with Crippen LogP contribution in [0.4, 0.5) is 0 Å². The van der Waals surface area contributed by atoms with Crippen LogP contribution in [0.25, 0.3) is 0 Å². The van der Waals surface area contributed by atoms with Crippen LogP contribution in [0.3, 0.4) is 0 Å². The van der Waals surface area contributed by atoms with Gasteiger partial charge in [0.05, 0.1) is 0 Å². The van der Waals surface area contributed by atoms with E-state index in [2.05, 4.69) is 11.9 Å². The van der Waals surface area contributed by atoms with Gasteiger partial charge in [0.1, 0.15) is 5.75 Å². The fourth-order valence-corrected chi connectivity index (χ4v) is 2.21. The normalized spacial score (nSPS) is 18.2. The Labute approximate surface area is 115 Å². The van der Waals surface area contributed by atoms with E-state index in [0.717, 1.165) is 37.5 Å². The molecule has 0 saturated carbocycles. The summed E-state index contributed by atoms with van der Waals surface area (Å²) < 4.78 is 5.78. The number of rotatable bonds is 3. The second kappa shape index (κ2) is 6.06. The monoisotopic (exact) mass is 262 g/mol. The summed E-state index contributed by atoms with van der Waals surface area (Å²) in [4.78, 5) is 16.4. The first-order chi connectivity index (χ1) is 9.08. The quantitative estimate of drug-likeness (QED) is 0.828. The van der Waals surface area contributed by atoms with E-state index < -0.39 is 6.10 Å². The summed E-state index contributed by atoms with van der Waals surface area (Å²) in [6.45, 7) is 7.26. The molecule has 0 spiro atoms. The SMILES string of the molecule is Cc1ccccc1OC(C)C(=O)N1CCN(C)CC1. The van der Waals surface area contributed by atoms with Crippen LogP contribution in [0.1, 0.15) is 12.5 Å². The fourth-order valence-electron chi connectivity index (χ4n) is 2.21. The van der Waals surface area contributed by atoms with Crippen molar-refractivity contribution in [2.45, 2.75) is 20.0 Å². The number of benzene rings is 1. The maximum absolute atomic E-state index is 12.3. The van der Waals surface area contributed by atoms with Gasteiger partial charge in [-0.15, -0.1) is 0 Å². The molecule has 0 N–H and O–H groups in total. The molecule has 1 amide bonds. The highest BCUT2D eigenvalue weighted by Crippen LogP contribution is 2.18. The summed E-state index contributed by atoms with van der Waals surface area (Å²) >= 11 is 0. The molecule has 1 heterocycles. The van der Waals surface area contributed by atoms with Crippen LogP contribution in [0.15, 0.2) is 24.3 Å². The zero-order chi connectivity index (χ0) is 13.8. The van der Waals surface area contributed by atoms with Gasteiger partial charge in [-0.05, 0) is 32.5 Å². The molecular weight excluding hydrogens is 240 g/mol. The van der Waals surface area contributed by atoms with Crippen molar-refractivity contribution in [3.63, 3.8) is 0 Å². The summed E-state index contributed by atoms with van der Waals surface area (Å²) in [5, 5.41) is 0. The lowest BCUT2D eigenvalue weighted by Gasteiger charge is -2.34. The second-order valence-electron chi connectivity index (χ2n) is 5.15. The third-order valence-electron chi connectivity index (χ3n) is 3.56. The van der Waals surface area contributed by atoms with Crippen molar-refractivity contribution in [2.75, 3.05) is 33.2 Å². The average molecular weight is 262 g/mol. The summed E-state index contributed by atoms with van der Waals surface area (Å²) in [5.41, 5.74) is 1.06. The number of hydrogen-bond donors (Lipinski definition) is 0. The predicted molar refractivity (Wildman–Crippen MR) is 75.3 cm³/mol. The average Bonchev–Trinajstić information content (AvgIpc) is 2.41. The fraction of sp³-hybridized carbons (Fsp3) is 0.533. The summed E-state index contributed by atoms with van der Waals surface area (Å²) in [6, 6.07) is 7.79. The van der Waals surface area contributed by atoms with Crippen molar-refractivity contribution in [3.8, 4) is 5.75 Å². The molecule has 104 valence electrons. The zero-order valence-electron chi connectivity index (χ0n) is 11.9. The zero-order valence-corrected chi connectivity index (χ0v) is 11.9. The predicted octanol–water partition coefficient (Wildman–Crippen LogP) is 1.54. The lowest BCUT2D eigenvalue weighted by Crippen LogP contribution is -2.50. The van der Waals surface area contributed by atoms with Crippen LogP contribution in [-0.4, -0.2) is 55.0 Å². The highest BCUT2D eigenvalue weighted by Gasteiger charge is 2.25. The summed E-state index contributed by atoms with van der Waals surface area (Å²) in [6.07, 6.45) is -0.426. The van der Waals surface area contributed by atoms with Crippen LogP contribution < -0.4 is 4.74 Å². The van der Waals surface area contributed by atoms with Gasteiger partial charge >= 0.3 is 0 Å². The highest BCUT2D eigenvalue weighted by atomic mass is 16.5. The standard InChI is InChI=1S/C15H22N2O2/c1-12-6-4-5-7-14(12)19-13(2)15(18)17-10-8-16(3)9-11-17/h4-7,13H,8-11H2,1-3H3. The molecule has 1 unspecified atom stereocenters. The van der Waals surface area contributed by atoms with E-state index in [9.17, 15) is 4.79 Å². The third kappa shape index (κ3) is 3.47. The smallest absolute Gasteiger partial charge is 0.263 e. The number of nitrogens with zero attached hydrogens (tertiary/aromatic N) is 2. The van der Waals surface area contributed by atoms with Gasteiger partial charge in [0.25, 0.3) is 5.91 Å². The number of carbonyl (C=O) groups excluding carboxylic acids is 1. The van der Waals surface area contributed by atoms with Gasteiger partial charge in [0.2, 0.25) is 0 Å². The Kier molecular flexibility index (Phi) is 4.43. The van der Waals surface area contributed by atoms with Gasteiger partial charge in [0, 0.05) is 26.2 Å². The first kappa shape index (κ1) is 13.9. The van der Waals surface area contributed by atoms with Gasteiger partial charge in [-0.1, -0.05) is 18.2 Å². The van der Waals surface area contributed by atoms with Crippen molar-refractivity contribution in [3.05, 3.63) is 29.8 Å². The molecule has 0 bridgehead atoms. The van der Waals surface area contributed by atoms with Crippen molar-refractivity contribution in [1.82, 2.24) is 9.80 Å². The number of amides is 1. The number of aryl methyl sites for hydroxylation is 1. The number of hydrogen-bond acceptors (Lipinski definition) is 3. The molecule has 1 aromatic carbocycles. The Balaban J connectivity index is 1.94. The van der Waals surface area contributed by atoms with Crippen molar-refractivity contribution in [2.24, 2.45) is 0 Å². The third-order valence-corrected chi connectivity index (χ3v) is 3.56. The number of piperazine rings is 1. The van der Waals surface area contributed by atoms with E-state index in [0.29, 0.717) is 0 Å². The minimum absolute atomic E-state index is 0.0800. The molecule has 1 fully saturated rings. The molecule has 4 nitrogen and oxygen atoms in total. The largest absolute Gasteiger partial charge is 0.481 e. The number of likely N-dealkylation sites (N-methyl/N-ethyl adjacent to an activating group) is 1. The molecule has 0 radical (unpaired) electrons. The number of para-hydroxylation sites is 1. The van der Waals surface area contributed by atoms with Gasteiger partial charge in [-0.2, -0.15) is 0 Å². The van der Waals surface area contributed by atoms with Crippen molar-refractivity contribution < 1.29 is 9.53 Å². The second-order valence-corrected chi connectivity index (χ2v) is 5.15. The van der Waals surface area contributed by atoms with E-state index in [-0.39, 0.29) is 5.91 Å². The molecule has 0 aliphatic carbocycles. The van der Waals surface area contributed by atoms with Gasteiger partial charge in [-0.25, -0.2) is 0 Å². The van der Waals surface area contributed by atoms with Gasteiger partial charge < -0.3 is 14.5 Å². The van der Waals surface area contributed by atoms with Gasteiger partial charge in [-0.3, -0.25) is 4.79 Å². The first-order valence-corrected chi connectivity index (χ1v) is 6.77. The molecule has 4 heteroatoms. The summed E-state index contributed by atoms with van der Waals surface area (Å²) in [5.74, 6) is 0.869. The van der Waals surface area contributed by atoms with Crippen LogP contribution in [-0.2, 0) is 4.79 Å². The molecule has 1 aliphatic rings. The number of carbonyl (C=O) groups is 1. The van der Waals surface area contributed by atoms with Crippen LogP contribution in [0.2, 0.25) is 0 Å². The van der Waals surface area contributed by atoms with Crippen LogP contribution in [0, 0.1) is 6.92 Å². The van der Waals surface area contributed by atoms with E-state index in [4.69, 9.17) is 4.74 Å². The van der Waals surface area contributed by atoms with Gasteiger partial charge in [0.15, 0.2) is 6.10 Å². The molecule has 1 saturated heterocycles. The van der Waals surface area contributed by atoms with E-state index in [1.54, 1.807) is 0 Å². The van der Waals surface area contributed by atoms with Crippen LogP contribution >= 0.6 is 0 Å². The lowest BCUT2D eigenvalue weighted by molar-refractivity contribution is -0.139. The minimum atomic E-state index is -0.426. The maximum atomic E-state index is 12.3. The topological polar surface area (TPSA) is 32.8 Å². The molecule has 1 aromatic rings. The minimum Gasteiger partial charge on any atom is -0.481 e. The maximum Gasteiger partial charge on any atom is 0.263 e. The molecule has 19 heavy (non-hydrogen) atoms.